The number of rotatable bonds is 3. The lowest BCUT2D eigenvalue weighted by Gasteiger charge is -2.09. The molecular weight excluding hydrogens is 218 g/mol. The summed E-state index contributed by atoms with van der Waals surface area (Å²) in [6.45, 7) is 3.48. The number of nitrogens with one attached hydrogen (secondary N) is 1. The first-order chi connectivity index (χ1) is 8.10. The van der Waals surface area contributed by atoms with Gasteiger partial charge in [-0.25, -0.2) is 4.79 Å². The van der Waals surface area contributed by atoms with Gasteiger partial charge in [0.05, 0.1) is 18.4 Å². The summed E-state index contributed by atoms with van der Waals surface area (Å²) in [5, 5.41) is 2.67. The van der Waals surface area contributed by atoms with Crippen molar-refractivity contribution in [2.45, 2.75) is 13.8 Å². The average Bonchev–Trinajstić information content (AvgIpc) is 2.37. The first kappa shape index (κ1) is 13.0. The van der Waals surface area contributed by atoms with Gasteiger partial charge in [0, 0.05) is 5.57 Å². The van der Waals surface area contributed by atoms with Crippen LogP contribution >= 0.6 is 0 Å². The van der Waals surface area contributed by atoms with E-state index in [1.54, 1.807) is 44.2 Å². The van der Waals surface area contributed by atoms with Gasteiger partial charge >= 0.3 is 5.97 Å². The number of anilines is 1. The monoisotopic (exact) mass is 233 g/mol. The first-order valence-electron chi connectivity index (χ1n) is 5.21. The van der Waals surface area contributed by atoms with Gasteiger partial charge in [-0.15, -0.1) is 0 Å². The normalized spacial score (nSPS) is 10.9. The topological polar surface area (TPSA) is 55.4 Å². The van der Waals surface area contributed by atoms with Gasteiger partial charge in [-0.2, -0.15) is 0 Å². The van der Waals surface area contributed by atoms with Crippen LogP contribution in [0.15, 0.2) is 35.9 Å². The zero-order valence-electron chi connectivity index (χ0n) is 10.1. The van der Waals surface area contributed by atoms with Crippen LogP contribution in [0.2, 0.25) is 0 Å². The highest BCUT2D eigenvalue weighted by molar-refractivity contribution is 6.07. The number of amides is 1. The molecule has 0 spiro atoms. The highest BCUT2D eigenvalue weighted by atomic mass is 16.5. The van der Waals surface area contributed by atoms with E-state index in [9.17, 15) is 9.59 Å². The van der Waals surface area contributed by atoms with Gasteiger partial charge < -0.3 is 10.1 Å². The van der Waals surface area contributed by atoms with Gasteiger partial charge in [0.2, 0.25) is 0 Å². The minimum Gasteiger partial charge on any atom is -0.465 e. The van der Waals surface area contributed by atoms with Crippen LogP contribution in [0.3, 0.4) is 0 Å². The molecule has 1 amide bonds. The molecule has 0 fully saturated rings. The molecule has 1 N–H and O–H groups in total. The molecule has 0 bridgehead atoms. The molecule has 0 aliphatic heterocycles. The van der Waals surface area contributed by atoms with E-state index in [-0.39, 0.29) is 5.91 Å². The molecule has 1 rings (SSSR count). The van der Waals surface area contributed by atoms with Crippen LogP contribution in [-0.2, 0) is 9.53 Å². The number of allylic oxidation sites excluding steroid dienone is 1. The molecule has 0 saturated heterocycles. The minimum absolute atomic E-state index is 0.233. The molecule has 1 aromatic rings. The number of carbonyl (C=O) groups excluding carboxylic acids is 2. The molecule has 0 unspecified atom stereocenters. The van der Waals surface area contributed by atoms with Crippen LogP contribution in [0.1, 0.15) is 24.2 Å². The maximum atomic E-state index is 11.7. The minimum atomic E-state index is -0.473. The van der Waals surface area contributed by atoms with Crippen LogP contribution in [-0.4, -0.2) is 19.0 Å². The summed E-state index contributed by atoms with van der Waals surface area (Å²) in [5.41, 5.74) is 1.38. The second-order valence-corrected chi connectivity index (χ2v) is 3.46. The summed E-state index contributed by atoms with van der Waals surface area (Å²) in [6.07, 6.45) is 1.70. The molecule has 0 saturated carbocycles. The lowest BCUT2D eigenvalue weighted by atomic mass is 10.1. The molecule has 17 heavy (non-hydrogen) atoms. The van der Waals surface area contributed by atoms with Crippen molar-refractivity contribution in [1.82, 2.24) is 0 Å². The third-order valence-electron chi connectivity index (χ3n) is 2.37. The fourth-order valence-electron chi connectivity index (χ4n) is 1.23. The van der Waals surface area contributed by atoms with E-state index in [0.29, 0.717) is 16.8 Å². The fraction of sp³-hybridized carbons (Fsp3) is 0.231. The fourth-order valence-corrected chi connectivity index (χ4v) is 1.23. The van der Waals surface area contributed by atoms with Crippen molar-refractivity contribution in [3.05, 3.63) is 41.5 Å². The van der Waals surface area contributed by atoms with Gasteiger partial charge in [0.1, 0.15) is 0 Å². The van der Waals surface area contributed by atoms with Gasteiger partial charge in [-0.05, 0) is 26.0 Å². The van der Waals surface area contributed by atoms with E-state index in [1.165, 1.54) is 7.11 Å². The van der Waals surface area contributed by atoms with Gasteiger partial charge in [-0.3, -0.25) is 4.79 Å². The second kappa shape index (κ2) is 5.84. The molecule has 0 aliphatic rings. The Labute approximate surface area is 100 Å². The maximum Gasteiger partial charge on any atom is 0.339 e. The molecule has 0 aromatic heterocycles. The first-order valence-corrected chi connectivity index (χ1v) is 5.21. The SMILES string of the molecule is CC=C(C)C(=O)Nc1ccccc1C(=O)OC. The lowest BCUT2D eigenvalue weighted by Crippen LogP contribution is -2.15. The van der Waals surface area contributed by atoms with Crippen LogP contribution < -0.4 is 5.32 Å². The Morgan fingerprint density at radius 3 is 2.53 bits per heavy atom. The molecule has 0 radical (unpaired) electrons. The highest BCUT2D eigenvalue weighted by Crippen LogP contribution is 2.16. The number of hydrogen-bond donors (Lipinski definition) is 1. The van der Waals surface area contributed by atoms with Gasteiger partial charge in [0.25, 0.3) is 5.91 Å². The number of esters is 1. The Balaban J connectivity index is 2.99. The smallest absolute Gasteiger partial charge is 0.339 e. The van der Waals surface area contributed by atoms with Crippen molar-refractivity contribution in [2.24, 2.45) is 0 Å². The summed E-state index contributed by atoms with van der Waals surface area (Å²) >= 11 is 0. The van der Waals surface area contributed by atoms with Crippen molar-refractivity contribution in [1.29, 1.82) is 0 Å². The molecule has 4 nitrogen and oxygen atoms in total. The number of methoxy groups -OCH3 is 1. The van der Waals surface area contributed by atoms with Crippen LogP contribution in [0.5, 0.6) is 0 Å². The standard InChI is InChI=1S/C13H15NO3/c1-4-9(2)12(15)14-11-8-6-5-7-10(11)13(16)17-3/h4-8H,1-3H3,(H,14,15). The molecule has 90 valence electrons. The third kappa shape index (κ3) is 3.17. The highest BCUT2D eigenvalue weighted by Gasteiger charge is 2.13. The molecular formula is C13H15NO3. The molecule has 0 atom stereocenters. The summed E-state index contributed by atoms with van der Waals surface area (Å²) in [4.78, 5) is 23.1. The van der Waals surface area contributed by atoms with Crippen molar-refractivity contribution in [3.63, 3.8) is 0 Å². The number of carbonyl (C=O) groups is 2. The van der Waals surface area contributed by atoms with Gasteiger partial charge in [0.15, 0.2) is 0 Å². The van der Waals surface area contributed by atoms with Crippen molar-refractivity contribution < 1.29 is 14.3 Å². The van der Waals surface area contributed by atoms with Crippen LogP contribution in [0.4, 0.5) is 5.69 Å². The van der Waals surface area contributed by atoms with E-state index in [0.717, 1.165) is 0 Å². The van der Waals surface area contributed by atoms with Crippen LogP contribution in [0, 0.1) is 0 Å². The summed E-state index contributed by atoms with van der Waals surface area (Å²) in [5.74, 6) is -0.706. The maximum absolute atomic E-state index is 11.7. The molecule has 0 aliphatic carbocycles. The molecule has 0 heterocycles. The zero-order valence-corrected chi connectivity index (χ0v) is 10.1. The van der Waals surface area contributed by atoms with Gasteiger partial charge in [-0.1, -0.05) is 18.2 Å². The largest absolute Gasteiger partial charge is 0.465 e. The van der Waals surface area contributed by atoms with E-state index in [2.05, 4.69) is 10.1 Å². The second-order valence-electron chi connectivity index (χ2n) is 3.46. The predicted octanol–water partition coefficient (Wildman–Crippen LogP) is 2.38. The third-order valence-corrected chi connectivity index (χ3v) is 2.37. The zero-order chi connectivity index (χ0) is 12.8. The Hall–Kier alpha value is -2.10. The van der Waals surface area contributed by atoms with Crippen molar-refractivity contribution in [2.75, 3.05) is 12.4 Å². The van der Waals surface area contributed by atoms with E-state index >= 15 is 0 Å². The average molecular weight is 233 g/mol. The lowest BCUT2D eigenvalue weighted by molar-refractivity contribution is -0.112. The number of para-hydroxylation sites is 1. The van der Waals surface area contributed by atoms with E-state index in [1.807, 2.05) is 0 Å². The Kier molecular flexibility index (Phi) is 4.46. The number of hydrogen-bond acceptors (Lipinski definition) is 3. The Morgan fingerprint density at radius 2 is 1.94 bits per heavy atom. The van der Waals surface area contributed by atoms with Crippen molar-refractivity contribution in [3.8, 4) is 0 Å². The molecule has 4 heteroatoms. The van der Waals surface area contributed by atoms with Crippen molar-refractivity contribution >= 4 is 17.6 Å². The summed E-state index contributed by atoms with van der Waals surface area (Å²) in [6, 6.07) is 6.72. The summed E-state index contributed by atoms with van der Waals surface area (Å²) in [7, 11) is 1.30. The predicted molar refractivity (Wildman–Crippen MR) is 65.8 cm³/mol. The Bertz CT molecular complexity index is 463. The number of ether oxygens (including phenoxy) is 1. The number of benzene rings is 1. The van der Waals surface area contributed by atoms with E-state index in [4.69, 9.17) is 0 Å². The molecule has 1 aromatic carbocycles. The quantitative estimate of drug-likeness (QED) is 0.644. The van der Waals surface area contributed by atoms with E-state index < -0.39 is 5.97 Å². The summed E-state index contributed by atoms with van der Waals surface area (Å²) < 4.78 is 4.64. The Morgan fingerprint density at radius 1 is 1.29 bits per heavy atom. The van der Waals surface area contributed by atoms with Crippen LogP contribution in [0.25, 0.3) is 0 Å².